The summed E-state index contributed by atoms with van der Waals surface area (Å²) in [7, 11) is -12.7. The van der Waals surface area contributed by atoms with Crippen molar-refractivity contribution in [3.05, 3.63) is 60.2 Å². The van der Waals surface area contributed by atoms with Gasteiger partial charge in [0.05, 0.1) is 52.9 Å². The van der Waals surface area contributed by atoms with Crippen molar-refractivity contribution in [1.29, 1.82) is 0 Å². The minimum Gasteiger partial charge on any atom is -0.505 e. The van der Waals surface area contributed by atoms with E-state index in [0.29, 0.717) is 5.56 Å². The number of methoxy groups -OCH3 is 1. The van der Waals surface area contributed by atoms with Crippen molar-refractivity contribution in [2.75, 3.05) is 44.0 Å². The summed E-state index contributed by atoms with van der Waals surface area (Å²) < 4.78 is 101. The predicted molar refractivity (Wildman–Crippen MR) is 184 cm³/mol. The van der Waals surface area contributed by atoms with Crippen molar-refractivity contribution < 1.29 is 59.2 Å². The highest BCUT2D eigenvalue weighted by Crippen LogP contribution is 2.46. The Morgan fingerprint density at radius 3 is 2.00 bits per heavy atom. The van der Waals surface area contributed by atoms with Crippen LogP contribution in [0.25, 0.3) is 10.8 Å². The molecule has 7 N–H and O–H groups in total. The van der Waals surface area contributed by atoms with E-state index in [0.717, 1.165) is 29.4 Å². The third-order valence-corrected chi connectivity index (χ3v) is 10.9. The second kappa shape index (κ2) is 15.2. The van der Waals surface area contributed by atoms with Gasteiger partial charge in [-0.1, -0.05) is 0 Å². The van der Waals surface area contributed by atoms with E-state index < -0.39 is 70.6 Å². The van der Waals surface area contributed by atoms with Gasteiger partial charge in [-0.3, -0.25) is 13.9 Å². The van der Waals surface area contributed by atoms with Crippen molar-refractivity contribution in [3.8, 4) is 11.5 Å². The number of amides is 1. The third kappa shape index (κ3) is 8.77. The molecule has 0 atom stereocenters. The number of ether oxygens (including phenoxy) is 1. The average molecular weight is 768 g/mol. The number of nitrogens with zero attached hydrogens (tertiary/aromatic N) is 3. The lowest BCUT2D eigenvalue weighted by Crippen LogP contribution is -2.35. The molecule has 0 saturated carbocycles. The summed E-state index contributed by atoms with van der Waals surface area (Å²) in [6, 6.07) is 10.8. The third-order valence-electron chi connectivity index (χ3n) is 7.26. The molecule has 0 bridgehead atoms. The largest absolute Gasteiger partial charge is 0.505 e. The smallest absolute Gasteiger partial charge is 0.296 e. The molecule has 0 heterocycles. The summed E-state index contributed by atoms with van der Waals surface area (Å²) in [6.07, 6.45) is 0. The van der Waals surface area contributed by atoms with E-state index in [1.54, 1.807) is 6.92 Å². The van der Waals surface area contributed by atoms with Gasteiger partial charge in [0, 0.05) is 31.5 Å². The molecule has 0 fully saturated rings. The van der Waals surface area contributed by atoms with Crippen LogP contribution < -0.4 is 15.4 Å². The topological polar surface area (TPSA) is 282 Å². The molecule has 0 aliphatic rings. The van der Waals surface area contributed by atoms with Gasteiger partial charge in [-0.2, -0.15) is 31.4 Å². The Hall–Kier alpha value is -4.74. The number of rotatable bonds is 14. The first-order valence-electron chi connectivity index (χ1n) is 14.6. The van der Waals surface area contributed by atoms with Gasteiger partial charge in [-0.15, -0.1) is 0 Å². The fraction of sp³-hybridized carbons (Fsp3) is 0.233. The van der Waals surface area contributed by atoms with Crippen LogP contribution in [0.5, 0.6) is 11.5 Å². The molecule has 21 heteroatoms. The second-order valence-electron chi connectivity index (χ2n) is 10.8. The summed E-state index contributed by atoms with van der Waals surface area (Å²) in [5, 5.41) is 42.6. The molecule has 0 unspecified atom stereocenters. The van der Waals surface area contributed by atoms with Crippen molar-refractivity contribution in [1.82, 2.24) is 4.31 Å². The fourth-order valence-electron chi connectivity index (χ4n) is 4.94. The van der Waals surface area contributed by atoms with Gasteiger partial charge in [-0.25, -0.2) is 8.42 Å². The molecular weight excluding hydrogens is 735 g/mol. The SMILES string of the molecule is COc1cc(/N=N/c2ccc(S(=O)(=O)N(CCO)CCO)cc2)c(C)cc1Nc1c(S(=O)(=O)O)cc2cc(S(=O)(=O)O)cc(NC(C)=O)c2c1O. The summed E-state index contributed by atoms with van der Waals surface area (Å²) in [5.74, 6) is -1.47. The molecule has 0 saturated heterocycles. The Bertz CT molecular complexity index is 2340. The van der Waals surface area contributed by atoms with E-state index in [4.69, 9.17) is 4.74 Å². The number of fused-ring (bicyclic) bond motifs is 1. The van der Waals surface area contributed by atoms with Crippen LogP contribution in [0.2, 0.25) is 0 Å². The predicted octanol–water partition coefficient (Wildman–Crippen LogP) is 3.45. The number of hydrogen-bond acceptors (Lipinski definition) is 14. The van der Waals surface area contributed by atoms with Gasteiger partial charge in [0.1, 0.15) is 22.1 Å². The fourth-order valence-corrected chi connectivity index (χ4v) is 7.59. The van der Waals surface area contributed by atoms with Crippen LogP contribution in [-0.2, 0) is 35.1 Å². The molecular formula is C30H33N5O13S3. The second-order valence-corrected chi connectivity index (χ2v) is 15.6. The Labute approximate surface area is 292 Å². The number of sulfonamides is 1. The molecule has 0 aromatic heterocycles. The van der Waals surface area contributed by atoms with Crippen molar-refractivity contribution >= 4 is 75.4 Å². The maximum atomic E-state index is 12.9. The summed E-state index contributed by atoms with van der Waals surface area (Å²) in [6.45, 7) is 1.42. The summed E-state index contributed by atoms with van der Waals surface area (Å²) in [4.78, 5) is 10.2. The molecule has 4 aromatic carbocycles. The number of benzene rings is 4. The Balaban J connectivity index is 1.76. The van der Waals surface area contributed by atoms with E-state index in [1.807, 2.05) is 0 Å². The summed E-state index contributed by atoms with van der Waals surface area (Å²) >= 11 is 0. The maximum absolute atomic E-state index is 12.9. The number of aromatic hydroxyl groups is 1. The molecule has 274 valence electrons. The molecule has 18 nitrogen and oxygen atoms in total. The van der Waals surface area contributed by atoms with Crippen molar-refractivity contribution in [3.63, 3.8) is 0 Å². The number of aliphatic hydroxyl groups is 2. The Kier molecular flexibility index (Phi) is 11.7. The van der Waals surface area contributed by atoms with Crippen LogP contribution in [0, 0.1) is 6.92 Å². The molecule has 51 heavy (non-hydrogen) atoms. The van der Waals surface area contributed by atoms with E-state index in [1.165, 1.54) is 43.5 Å². The van der Waals surface area contributed by atoms with Gasteiger partial charge in [0.25, 0.3) is 20.2 Å². The lowest BCUT2D eigenvalue weighted by molar-refractivity contribution is -0.114. The molecule has 0 spiro atoms. The first-order valence-corrected chi connectivity index (χ1v) is 18.9. The number of azo groups is 1. The number of hydrogen-bond donors (Lipinski definition) is 7. The van der Waals surface area contributed by atoms with Crippen LogP contribution in [0.1, 0.15) is 12.5 Å². The quantitative estimate of drug-likeness (QED) is 0.0550. The number of carbonyl (C=O) groups excluding carboxylic acids is 1. The van der Waals surface area contributed by atoms with Gasteiger partial charge < -0.3 is 30.7 Å². The van der Waals surface area contributed by atoms with Crippen LogP contribution in [0.3, 0.4) is 0 Å². The normalized spacial score (nSPS) is 12.5. The van der Waals surface area contributed by atoms with E-state index in [-0.39, 0.29) is 57.3 Å². The van der Waals surface area contributed by atoms with E-state index >= 15 is 0 Å². The van der Waals surface area contributed by atoms with Crippen molar-refractivity contribution in [2.24, 2.45) is 10.2 Å². The highest BCUT2D eigenvalue weighted by Gasteiger charge is 2.27. The number of anilines is 3. The lowest BCUT2D eigenvalue weighted by Gasteiger charge is -2.20. The Morgan fingerprint density at radius 2 is 1.47 bits per heavy atom. The van der Waals surface area contributed by atoms with Gasteiger partial charge in [-0.05, 0) is 66.4 Å². The van der Waals surface area contributed by atoms with Crippen molar-refractivity contribution in [2.45, 2.75) is 28.5 Å². The minimum atomic E-state index is -5.11. The molecule has 0 aliphatic carbocycles. The zero-order valence-corrected chi connectivity index (χ0v) is 29.5. The first-order chi connectivity index (χ1) is 23.8. The number of carbonyl (C=O) groups is 1. The van der Waals surface area contributed by atoms with E-state index in [2.05, 4.69) is 20.9 Å². The van der Waals surface area contributed by atoms with Crippen LogP contribution in [0.4, 0.5) is 28.4 Å². The van der Waals surface area contributed by atoms with Crippen LogP contribution in [-0.4, -0.2) is 93.3 Å². The number of aliphatic hydroxyl groups excluding tert-OH is 2. The molecule has 0 aliphatic heterocycles. The molecule has 4 rings (SSSR count). The number of aryl methyl sites for hydroxylation is 1. The number of phenolic OH excluding ortho intramolecular Hbond substituents is 1. The lowest BCUT2D eigenvalue weighted by atomic mass is 10.1. The van der Waals surface area contributed by atoms with E-state index in [9.17, 15) is 54.5 Å². The summed E-state index contributed by atoms with van der Waals surface area (Å²) in [5.41, 5.74) is 0.150. The van der Waals surface area contributed by atoms with Crippen LogP contribution >= 0.6 is 0 Å². The molecule has 0 radical (unpaired) electrons. The number of nitrogens with one attached hydrogen (secondary N) is 2. The highest BCUT2D eigenvalue weighted by atomic mass is 32.2. The van der Waals surface area contributed by atoms with Gasteiger partial charge >= 0.3 is 0 Å². The number of phenols is 1. The van der Waals surface area contributed by atoms with Gasteiger partial charge in [0.15, 0.2) is 0 Å². The van der Waals surface area contributed by atoms with Gasteiger partial charge in [0.2, 0.25) is 15.9 Å². The monoisotopic (exact) mass is 767 g/mol. The first kappa shape index (κ1) is 39.1. The molecule has 1 amide bonds. The zero-order valence-electron chi connectivity index (χ0n) is 27.1. The standard InChI is InChI=1S/C30H33N5O13S3/c1-17-12-24(26(48-3)16-23(17)34-33-20-4-6-21(7-5-20)49(40,41)35(8-10-36)9-11-37)32-29-27(51(45,46)47)14-19-13-22(50(42,43)44)15-25(31-18(2)38)28(19)30(29)39/h4-7,12-16,32,36-37,39H,8-11H2,1-3H3,(H,31,38)(H,42,43,44)(H,45,46,47)/b34-33+. The molecule has 4 aromatic rings. The average Bonchev–Trinajstić information content (AvgIpc) is 3.04. The Morgan fingerprint density at radius 1 is 0.843 bits per heavy atom. The maximum Gasteiger partial charge on any atom is 0.296 e. The zero-order chi connectivity index (χ0) is 37.9. The minimum absolute atomic E-state index is 0.0495. The van der Waals surface area contributed by atoms with Crippen LogP contribution in [0.15, 0.2) is 79.5 Å². The highest BCUT2D eigenvalue weighted by molar-refractivity contribution is 7.89.